The lowest BCUT2D eigenvalue weighted by atomic mass is 10.1. The maximum Gasteiger partial charge on any atom is 0.338 e. The van der Waals surface area contributed by atoms with Crippen molar-refractivity contribution in [2.24, 2.45) is 0 Å². The van der Waals surface area contributed by atoms with Crippen LogP contribution >= 0.6 is 24.0 Å². The number of nitrogens with one attached hydrogen (secondary N) is 1. The number of thioether (sulfide) groups is 1. The van der Waals surface area contributed by atoms with Crippen LogP contribution in [0.4, 0.5) is 5.69 Å². The summed E-state index contributed by atoms with van der Waals surface area (Å²) >= 11 is 6.53. The minimum absolute atomic E-state index is 0.0973. The van der Waals surface area contributed by atoms with Gasteiger partial charge in [0.1, 0.15) is 4.32 Å². The van der Waals surface area contributed by atoms with Crippen molar-refractivity contribution in [1.82, 2.24) is 4.90 Å². The Labute approximate surface area is 190 Å². The van der Waals surface area contributed by atoms with E-state index in [0.29, 0.717) is 27.0 Å². The first-order valence-corrected chi connectivity index (χ1v) is 11.0. The number of ether oxygens (including phenoxy) is 1. The molecular formula is C23H22N2O4S2. The third kappa shape index (κ3) is 6.02. The van der Waals surface area contributed by atoms with Gasteiger partial charge in [-0.05, 0) is 49.2 Å². The maximum atomic E-state index is 12.4. The van der Waals surface area contributed by atoms with Gasteiger partial charge in [0.2, 0.25) is 0 Å². The summed E-state index contributed by atoms with van der Waals surface area (Å²) in [4.78, 5) is 38.8. The summed E-state index contributed by atoms with van der Waals surface area (Å²) < 4.78 is 5.64. The van der Waals surface area contributed by atoms with E-state index in [1.165, 1.54) is 11.8 Å². The van der Waals surface area contributed by atoms with Crippen LogP contribution < -0.4 is 5.32 Å². The molecule has 1 aliphatic rings. The predicted molar refractivity (Wildman–Crippen MR) is 127 cm³/mol. The van der Waals surface area contributed by atoms with E-state index in [9.17, 15) is 14.4 Å². The normalized spacial score (nSPS) is 14.8. The molecule has 1 heterocycles. The molecule has 0 unspecified atom stereocenters. The number of rotatable bonds is 7. The van der Waals surface area contributed by atoms with Gasteiger partial charge in [0, 0.05) is 12.2 Å². The molecule has 1 aliphatic heterocycles. The van der Waals surface area contributed by atoms with E-state index in [1.54, 1.807) is 47.4 Å². The second-order valence-electron chi connectivity index (χ2n) is 6.95. The van der Waals surface area contributed by atoms with Gasteiger partial charge in [-0.3, -0.25) is 14.5 Å². The predicted octanol–water partition coefficient (Wildman–Crippen LogP) is 4.40. The van der Waals surface area contributed by atoms with Crippen molar-refractivity contribution < 1.29 is 19.1 Å². The number of carbonyl (C=O) groups excluding carboxylic acids is 3. The monoisotopic (exact) mass is 454 g/mol. The molecule has 6 nitrogen and oxygen atoms in total. The molecule has 1 N–H and O–H groups in total. The first-order chi connectivity index (χ1) is 14.9. The summed E-state index contributed by atoms with van der Waals surface area (Å²) in [5, 5.41) is 2.67. The Morgan fingerprint density at radius 2 is 1.81 bits per heavy atom. The molecule has 0 atom stereocenters. The lowest BCUT2D eigenvalue weighted by Crippen LogP contribution is -2.28. The molecule has 0 aromatic heterocycles. The highest BCUT2D eigenvalue weighted by Crippen LogP contribution is 2.32. The van der Waals surface area contributed by atoms with E-state index in [0.717, 1.165) is 17.5 Å². The average Bonchev–Trinajstić information content (AvgIpc) is 3.02. The average molecular weight is 455 g/mol. The number of benzene rings is 2. The summed E-state index contributed by atoms with van der Waals surface area (Å²) in [6.45, 7) is 4.17. The van der Waals surface area contributed by atoms with Gasteiger partial charge in [-0.25, -0.2) is 4.79 Å². The van der Waals surface area contributed by atoms with Gasteiger partial charge in [0.05, 0.1) is 10.5 Å². The van der Waals surface area contributed by atoms with Gasteiger partial charge >= 0.3 is 5.97 Å². The van der Waals surface area contributed by atoms with Crippen LogP contribution in [0.3, 0.4) is 0 Å². The smallest absolute Gasteiger partial charge is 0.338 e. The van der Waals surface area contributed by atoms with Crippen molar-refractivity contribution in [3.05, 3.63) is 70.1 Å². The van der Waals surface area contributed by atoms with Gasteiger partial charge in [-0.15, -0.1) is 0 Å². The zero-order valence-corrected chi connectivity index (χ0v) is 18.8. The number of aryl methyl sites for hydroxylation is 1. The van der Waals surface area contributed by atoms with E-state index >= 15 is 0 Å². The van der Waals surface area contributed by atoms with Crippen LogP contribution in [-0.4, -0.2) is 40.2 Å². The van der Waals surface area contributed by atoms with Crippen molar-refractivity contribution >= 4 is 57.8 Å². The lowest BCUT2D eigenvalue weighted by molar-refractivity contribution is -0.122. The zero-order chi connectivity index (χ0) is 22.4. The summed E-state index contributed by atoms with van der Waals surface area (Å²) in [5.41, 5.74) is 2.81. The molecule has 0 radical (unpaired) electrons. The lowest BCUT2D eigenvalue weighted by Gasteiger charge is -2.11. The summed E-state index contributed by atoms with van der Waals surface area (Å²) in [5.74, 6) is -1.11. The Kier molecular flexibility index (Phi) is 7.59. The minimum atomic E-state index is -0.597. The third-order valence-corrected chi connectivity index (χ3v) is 5.81. The van der Waals surface area contributed by atoms with E-state index < -0.39 is 11.9 Å². The Morgan fingerprint density at radius 3 is 2.45 bits per heavy atom. The topological polar surface area (TPSA) is 75.7 Å². The molecule has 31 heavy (non-hydrogen) atoms. The number of esters is 1. The molecule has 1 fully saturated rings. The largest absolute Gasteiger partial charge is 0.452 e. The third-order valence-electron chi connectivity index (χ3n) is 4.43. The van der Waals surface area contributed by atoms with Crippen LogP contribution in [-0.2, 0) is 14.3 Å². The highest BCUT2D eigenvalue weighted by Gasteiger charge is 2.31. The number of carbonyl (C=O) groups is 3. The van der Waals surface area contributed by atoms with Gasteiger partial charge in [0.15, 0.2) is 6.61 Å². The van der Waals surface area contributed by atoms with E-state index in [-0.39, 0.29) is 12.5 Å². The van der Waals surface area contributed by atoms with Gasteiger partial charge in [0.25, 0.3) is 11.8 Å². The molecular weight excluding hydrogens is 432 g/mol. The van der Waals surface area contributed by atoms with E-state index in [1.807, 2.05) is 26.0 Å². The second kappa shape index (κ2) is 10.4. The van der Waals surface area contributed by atoms with Gasteiger partial charge in [-0.1, -0.05) is 60.7 Å². The summed E-state index contributed by atoms with van der Waals surface area (Å²) in [6, 6.07) is 14.0. The highest BCUT2D eigenvalue weighted by molar-refractivity contribution is 8.26. The van der Waals surface area contributed by atoms with Crippen LogP contribution in [0.2, 0.25) is 0 Å². The fourth-order valence-electron chi connectivity index (χ4n) is 2.83. The summed E-state index contributed by atoms with van der Waals surface area (Å²) in [6.07, 6.45) is 2.58. The Hall–Kier alpha value is -2.97. The molecule has 0 saturated carbocycles. The summed E-state index contributed by atoms with van der Waals surface area (Å²) in [7, 11) is 0. The number of amides is 2. The van der Waals surface area contributed by atoms with Crippen LogP contribution in [0.5, 0.6) is 0 Å². The highest BCUT2D eigenvalue weighted by atomic mass is 32.2. The zero-order valence-electron chi connectivity index (χ0n) is 17.2. The second-order valence-corrected chi connectivity index (χ2v) is 8.62. The fourth-order valence-corrected chi connectivity index (χ4v) is 4.14. The van der Waals surface area contributed by atoms with E-state index in [2.05, 4.69) is 5.32 Å². The van der Waals surface area contributed by atoms with Gasteiger partial charge < -0.3 is 10.1 Å². The molecule has 1 saturated heterocycles. The number of hydrogen-bond donors (Lipinski definition) is 1. The van der Waals surface area contributed by atoms with Crippen molar-refractivity contribution in [3.63, 3.8) is 0 Å². The molecule has 160 valence electrons. The Balaban J connectivity index is 1.55. The van der Waals surface area contributed by atoms with Crippen LogP contribution in [0, 0.1) is 6.92 Å². The standard InChI is InChI=1S/C23H22N2O4S2/c1-3-12-25-21(27)19(31-23(25)30)13-16-6-8-17(9-7-16)22(28)29-14-20(26)24-18-10-4-15(2)5-11-18/h4-11,13H,3,12,14H2,1-2H3,(H,24,26)/b19-13+. The SMILES string of the molecule is CCCN1C(=O)/C(=C\c2ccc(C(=O)OCC(=O)Nc3ccc(C)cc3)cc2)SC1=S. The Bertz CT molecular complexity index is 1030. The number of hydrogen-bond acceptors (Lipinski definition) is 6. The number of anilines is 1. The first-order valence-electron chi connectivity index (χ1n) is 9.76. The minimum Gasteiger partial charge on any atom is -0.452 e. The number of thiocarbonyl (C=S) groups is 1. The van der Waals surface area contributed by atoms with Crippen molar-refractivity contribution in [2.45, 2.75) is 20.3 Å². The molecule has 0 aliphatic carbocycles. The molecule has 2 aromatic rings. The van der Waals surface area contributed by atoms with E-state index in [4.69, 9.17) is 17.0 Å². The molecule has 2 aromatic carbocycles. The quantitative estimate of drug-likeness (QED) is 0.380. The molecule has 0 bridgehead atoms. The molecule has 2 amide bonds. The first kappa shape index (κ1) is 22.7. The molecule has 0 spiro atoms. The molecule has 8 heteroatoms. The van der Waals surface area contributed by atoms with Crippen LogP contribution in [0.15, 0.2) is 53.4 Å². The maximum absolute atomic E-state index is 12.4. The fraction of sp³-hybridized carbons (Fsp3) is 0.217. The Morgan fingerprint density at radius 1 is 1.13 bits per heavy atom. The van der Waals surface area contributed by atoms with Crippen LogP contribution in [0.1, 0.15) is 34.8 Å². The van der Waals surface area contributed by atoms with Crippen molar-refractivity contribution in [3.8, 4) is 0 Å². The van der Waals surface area contributed by atoms with Gasteiger partial charge in [-0.2, -0.15) is 0 Å². The van der Waals surface area contributed by atoms with Crippen LogP contribution in [0.25, 0.3) is 6.08 Å². The number of nitrogens with zero attached hydrogens (tertiary/aromatic N) is 1. The molecule has 3 rings (SSSR count). The van der Waals surface area contributed by atoms with Crippen molar-refractivity contribution in [2.75, 3.05) is 18.5 Å². The van der Waals surface area contributed by atoms with Crippen molar-refractivity contribution in [1.29, 1.82) is 0 Å².